The lowest BCUT2D eigenvalue weighted by atomic mass is 10.0. The van der Waals surface area contributed by atoms with E-state index in [9.17, 15) is 4.39 Å². The molecule has 2 nitrogen and oxygen atoms in total. The number of benzene rings is 2. The molecule has 3 rings (SSSR count). The van der Waals surface area contributed by atoms with Crippen LogP contribution in [0.4, 0.5) is 4.39 Å². The second kappa shape index (κ2) is 15.3. The summed E-state index contributed by atoms with van der Waals surface area (Å²) in [7, 11) is 0. The van der Waals surface area contributed by atoms with Gasteiger partial charge in [-0.25, -0.2) is 4.39 Å². The Labute approximate surface area is 212 Å². The van der Waals surface area contributed by atoms with Crippen LogP contribution in [0.25, 0.3) is 22.4 Å². The molecule has 0 radical (unpaired) electrons. The zero-order chi connectivity index (χ0) is 24.7. The molecule has 0 aliphatic heterocycles. The van der Waals surface area contributed by atoms with Crippen molar-refractivity contribution < 1.29 is 9.13 Å². The first-order chi connectivity index (χ1) is 17.2. The highest BCUT2D eigenvalue weighted by molar-refractivity contribution is 5.67. The van der Waals surface area contributed by atoms with Crippen molar-refractivity contribution in [1.29, 1.82) is 0 Å². The summed E-state index contributed by atoms with van der Waals surface area (Å²) >= 11 is 0. The van der Waals surface area contributed by atoms with Gasteiger partial charge in [-0.15, -0.1) is 0 Å². The molecule has 0 fully saturated rings. The monoisotopic (exact) mass is 475 g/mol. The quantitative estimate of drug-likeness (QED) is 0.192. The Morgan fingerprint density at radius 2 is 1.34 bits per heavy atom. The van der Waals surface area contributed by atoms with E-state index in [0.29, 0.717) is 11.3 Å². The molecule has 3 aromatic rings. The molecule has 1 aromatic heterocycles. The van der Waals surface area contributed by atoms with E-state index >= 15 is 0 Å². The lowest BCUT2D eigenvalue weighted by molar-refractivity contribution is 0.304. The molecule has 0 unspecified atom stereocenters. The van der Waals surface area contributed by atoms with Gasteiger partial charge < -0.3 is 4.74 Å². The summed E-state index contributed by atoms with van der Waals surface area (Å²) in [6, 6.07) is 17.6. The Bertz CT molecular complexity index is 981. The van der Waals surface area contributed by atoms with Crippen molar-refractivity contribution in [1.82, 2.24) is 4.98 Å². The van der Waals surface area contributed by atoms with E-state index in [1.54, 1.807) is 6.07 Å². The van der Waals surface area contributed by atoms with E-state index in [2.05, 4.69) is 31.0 Å². The highest BCUT2D eigenvalue weighted by atomic mass is 19.1. The number of ether oxygens (including phenoxy) is 1. The Morgan fingerprint density at radius 1 is 0.686 bits per heavy atom. The van der Waals surface area contributed by atoms with Crippen LogP contribution < -0.4 is 4.74 Å². The Hall–Kier alpha value is -2.68. The predicted octanol–water partition coefficient (Wildman–Crippen LogP) is 9.81. The normalized spacial score (nSPS) is 11.1. The molecule has 0 aliphatic carbocycles. The van der Waals surface area contributed by atoms with Crippen molar-refractivity contribution in [2.45, 2.75) is 90.9 Å². The fourth-order valence-electron chi connectivity index (χ4n) is 4.39. The van der Waals surface area contributed by atoms with Gasteiger partial charge in [-0.05, 0) is 60.7 Å². The highest BCUT2D eigenvalue weighted by Gasteiger charge is 2.09. The summed E-state index contributed by atoms with van der Waals surface area (Å²) in [5.74, 6) is 0.711. The van der Waals surface area contributed by atoms with Crippen molar-refractivity contribution in [2.75, 3.05) is 6.61 Å². The number of unbranched alkanes of at least 4 members (excludes halogenated alkanes) is 9. The minimum Gasteiger partial charge on any atom is -0.494 e. The molecule has 0 N–H and O–H groups in total. The maximum absolute atomic E-state index is 14.8. The van der Waals surface area contributed by atoms with E-state index in [-0.39, 0.29) is 5.82 Å². The van der Waals surface area contributed by atoms with Crippen LogP contribution in [0.3, 0.4) is 0 Å². The van der Waals surface area contributed by atoms with Crippen molar-refractivity contribution in [3.63, 3.8) is 0 Å². The predicted molar refractivity (Wildman–Crippen MR) is 146 cm³/mol. The van der Waals surface area contributed by atoms with Crippen molar-refractivity contribution in [3.05, 3.63) is 72.2 Å². The van der Waals surface area contributed by atoms with Gasteiger partial charge in [0.2, 0.25) is 0 Å². The van der Waals surface area contributed by atoms with E-state index in [0.717, 1.165) is 48.3 Å². The van der Waals surface area contributed by atoms with E-state index in [1.165, 1.54) is 57.8 Å². The third-order valence-corrected chi connectivity index (χ3v) is 6.60. The fraction of sp³-hybridized carbons (Fsp3) is 0.469. The van der Waals surface area contributed by atoms with Crippen LogP contribution >= 0.6 is 0 Å². The first-order valence-corrected chi connectivity index (χ1v) is 13.7. The molecule has 0 saturated heterocycles. The van der Waals surface area contributed by atoms with Gasteiger partial charge >= 0.3 is 0 Å². The molecule has 1 heterocycles. The van der Waals surface area contributed by atoms with Crippen LogP contribution in [0.1, 0.15) is 90.0 Å². The van der Waals surface area contributed by atoms with Gasteiger partial charge in [-0.1, -0.05) is 95.9 Å². The molecule has 2 aromatic carbocycles. The van der Waals surface area contributed by atoms with Crippen LogP contribution in [0, 0.1) is 5.82 Å². The third-order valence-electron chi connectivity index (χ3n) is 6.60. The number of hydrogen-bond acceptors (Lipinski definition) is 2. The van der Waals surface area contributed by atoms with E-state index < -0.39 is 0 Å². The maximum atomic E-state index is 14.8. The van der Waals surface area contributed by atoms with Crippen molar-refractivity contribution >= 4 is 0 Å². The third kappa shape index (κ3) is 9.12. The van der Waals surface area contributed by atoms with Gasteiger partial charge in [0.1, 0.15) is 11.6 Å². The minimum absolute atomic E-state index is 0.192. The van der Waals surface area contributed by atoms with Gasteiger partial charge in [0.25, 0.3) is 0 Å². The van der Waals surface area contributed by atoms with Crippen molar-refractivity contribution in [2.24, 2.45) is 0 Å². The number of hydrogen-bond donors (Lipinski definition) is 0. The van der Waals surface area contributed by atoms with Crippen molar-refractivity contribution in [3.8, 4) is 28.1 Å². The topological polar surface area (TPSA) is 22.1 Å². The van der Waals surface area contributed by atoms with Gasteiger partial charge in [0, 0.05) is 17.3 Å². The highest BCUT2D eigenvalue weighted by Crippen LogP contribution is 2.27. The zero-order valence-corrected chi connectivity index (χ0v) is 21.7. The summed E-state index contributed by atoms with van der Waals surface area (Å²) in [6.07, 6.45) is 16.5. The molecule has 0 amide bonds. The van der Waals surface area contributed by atoms with Crippen LogP contribution in [0.2, 0.25) is 0 Å². The minimum atomic E-state index is -0.192. The number of rotatable bonds is 16. The fourth-order valence-corrected chi connectivity index (χ4v) is 4.39. The average molecular weight is 476 g/mol. The van der Waals surface area contributed by atoms with Gasteiger partial charge in [0.15, 0.2) is 0 Å². The number of aryl methyl sites for hydroxylation is 1. The van der Waals surface area contributed by atoms with Gasteiger partial charge in [-0.3, -0.25) is 4.98 Å². The molecule has 0 aliphatic rings. The Kier molecular flexibility index (Phi) is 11.8. The Balaban J connectivity index is 1.50. The van der Waals surface area contributed by atoms with Gasteiger partial charge in [0.05, 0.1) is 12.3 Å². The van der Waals surface area contributed by atoms with Crippen LogP contribution in [-0.4, -0.2) is 11.6 Å². The maximum Gasteiger partial charge on any atom is 0.132 e. The van der Waals surface area contributed by atoms with E-state index in [4.69, 9.17) is 4.74 Å². The van der Waals surface area contributed by atoms with Crippen LogP contribution in [0.15, 0.2) is 60.8 Å². The number of nitrogens with zero attached hydrogens (tertiary/aromatic N) is 1. The molecular weight excluding hydrogens is 433 g/mol. The smallest absolute Gasteiger partial charge is 0.132 e. The van der Waals surface area contributed by atoms with E-state index in [1.807, 2.05) is 42.6 Å². The number of aromatic nitrogens is 1. The largest absolute Gasteiger partial charge is 0.494 e. The number of pyridine rings is 1. The second-order valence-corrected chi connectivity index (χ2v) is 9.55. The molecule has 0 atom stereocenters. The summed E-state index contributed by atoms with van der Waals surface area (Å²) in [5, 5.41) is 0. The van der Waals surface area contributed by atoms with Crippen LogP contribution in [-0.2, 0) is 6.42 Å². The molecule has 3 heteroatoms. The standard InChI is InChI=1S/C32H42FNO/c1-3-5-7-9-11-13-23-35-29-19-16-27(17-20-29)28-18-22-32(34-25-28)30-21-15-26(24-31(30)33)14-12-10-8-6-4-2/h15-22,24-25H,3-14,23H2,1-2H3. The molecule has 0 bridgehead atoms. The summed E-state index contributed by atoms with van der Waals surface area (Å²) in [6.45, 7) is 5.23. The summed E-state index contributed by atoms with van der Waals surface area (Å²) < 4.78 is 20.7. The molecule has 188 valence electrons. The summed E-state index contributed by atoms with van der Waals surface area (Å²) in [4.78, 5) is 4.55. The molecule has 35 heavy (non-hydrogen) atoms. The first kappa shape index (κ1) is 26.9. The SMILES string of the molecule is CCCCCCCCOc1ccc(-c2ccc(-c3ccc(CCCCCCC)cc3F)nc2)cc1. The molecular formula is C32H42FNO. The molecule has 0 spiro atoms. The lowest BCUT2D eigenvalue weighted by Gasteiger charge is -2.09. The Morgan fingerprint density at radius 3 is 2.00 bits per heavy atom. The van der Waals surface area contributed by atoms with Crippen LogP contribution in [0.5, 0.6) is 5.75 Å². The summed E-state index contributed by atoms with van der Waals surface area (Å²) in [5.41, 5.74) is 4.39. The number of halogens is 1. The second-order valence-electron chi connectivity index (χ2n) is 9.55. The lowest BCUT2D eigenvalue weighted by Crippen LogP contribution is -1.97. The van der Waals surface area contributed by atoms with Gasteiger partial charge in [-0.2, -0.15) is 0 Å². The average Bonchev–Trinajstić information content (AvgIpc) is 2.89. The molecule has 0 saturated carbocycles. The zero-order valence-electron chi connectivity index (χ0n) is 21.7. The first-order valence-electron chi connectivity index (χ1n) is 13.7.